The molecule has 0 unspecified atom stereocenters. The van der Waals surface area contributed by atoms with E-state index < -0.39 is 10.0 Å². The fraction of sp³-hybridized carbons (Fsp3) is 0.429. The molecule has 1 aliphatic heterocycles. The highest BCUT2D eigenvalue weighted by atomic mass is 35.5. The van der Waals surface area contributed by atoms with Gasteiger partial charge >= 0.3 is 6.01 Å². The minimum absolute atomic E-state index is 0.0826. The molecule has 2 aromatic rings. The van der Waals surface area contributed by atoms with Gasteiger partial charge in [0.05, 0.1) is 6.26 Å². The van der Waals surface area contributed by atoms with Crippen molar-refractivity contribution in [1.29, 1.82) is 0 Å². The molecule has 1 aliphatic rings. The minimum Gasteiger partial charge on any atom is -0.335 e. The van der Waals surface area contributed by atoms with Crippen LogP contribution in [0, 0.1) is 0 Å². The van der Waals surface area contributed by atoms with Gasteiger partial charge in [0, 0.05) is 34.7 Å². The number of piperidine rings is 1. The van der Waals surface area contributed by atoms with Gasteiger partial charge in [-0.2, -0.15) is 4.98 Å². The Hall–Kier alpha value is -1.35. The van der Waals surface area contributed by atoms with Gasteiger partial charge in [-0.1, -0.05) is 28.4 Å². The highest BCUT2D eigenvalue weighted by Crippen LogP contribution is 2.26. The average molecular weight is 391 g/mol. The second-order valence-electron chi connectivity index (χ2n) is 5.66. The van der Waals surface area contributed by atoms with Crippen LogP contribution >= 0.6 is 23.2 Å². The SMILES string of the molecule is CS(=O)(=O)N1CCC(Nc2nc(-c3cc(Cl)cc(Cl)c3)no2)CC1. The lowest BCUT2D eigenvalue weighted by Crippen LogP contribution is -2.41. The van der Waals surface area contributed by atoms with Crippen LogP contribution in [-0.4, -0.2) is 48.3 Å². The van der Waals surface area contributed by atoms with Crippen LogP contribution in [0.15, 0.2) is 22.7 Å². The highest BCUT2D eigenvalue weighted by molar-refractivity contribution is 7.88. The smallest absolute Gasteiger partial charge is 0.322 e. The molecule has 130 valence electrons. The largest absolute Gasteiger partial charge is 0.335 e. The summed E-state index contributed by atoms with van der Waals surface area (Å²) in [4.78, 5) is 4.29. The van der Waals surface area contributed by atoms with E-state index in [1.54, 1.807) is 18.2 Å². The van der Waals surface area contributed by atoms with Gasteiger partial charge in [-0.05, 0) is 31.0 Å². The molecule has 7 nitrogen and oxygen atoms in total. The molecule has 0 radical (unpaired) electrons. The van der Waals surface area contributed by atoms with Crippen molar-refractivity contribution in [2.75, 3.05) is 24.7 Å². The maximum atomic E-state index is 11.5. The molecule has 10 heteroatoms. The van der Waals surface area contributed by atoms with Crippen LogP contribution in [0.25, 0.3) is 11.4 Å². The van der Waals surface area contributed by atoms with Crippen molar-refractivity contribution < 1.29 is 12.9 Å². The topological polar surface area (TPSA) is 88.3 Å². The van der Waals surface area contributed by atoms with E-state index in [4.69, 9.17) is 27.7 Å². The Morgan fingerprint density at radius 3 is 2.42 bits per heavy atom. The van der Waals surface area contributed by atoms with Crippen LogP contribution in [-0.2, 0) is 10.0 Å². The Morgan fingerprint density at radius 1 is 1.21 bits per heavy atom. The first-order chi connectivity index (χ1) is 11.3. The second kappa shape index (κ2) is 6.87. The van der Waals surface area contributed by atoms with E-state index in [1.807, 2.05) is 0 Å². The fourth-order valence-corrected chi connectivity index (χ4v) is 3.99. The van der Waals surface area contributed by atoms with E-state index in [0.717, 1.165) is 0 Å². The predicted molar refractivity (Wildman–Crippen MR) is 92.8 cm³/mol. The fourth-order valence-electron chi connectivity index (χ4n) is 2.59. The molecule has 2 heterocycles. The minimum atomic E-state index is -3.13. The zero-order valence-electron chi connectivity index (χ0n) is 12.9. The van der Waals surface area contributed by atoms with Crippen LogP contribution in [0.5, 0.6) is 0 Å². The molecule has 1 fully saturated rings. The third kappa shape index (κ3) is 4.18. The molecule has 0 bridgehead atoms. The molecule has 1 aromatic carbocycles. The van der Waals surface area contributed by atoms with Gasteiger partial charge in [0.1, 0.15) is 0 Å². The van der Waals surface area contributed by atoms with Crippen molar-refractivity contribution in [3.8, 4) is 11.4 Å². The first-order valence-electron chi connectivity index (χ1n) is 7.33. The second-order valence-corrected chi connectivity index (χ2v) is 8.52. The van der Waals surface area contributed by atoms with Crippen LogP contribution in [0.1, 0.15) is 12.8 Å². The van der Waals surface area contributed by atoms with Gasteiger partial charge in [-0.3, -0.25) is 0 Å². The van der Waals surface area contributed by atoms with E-state index in [2.05, 4.69) is 15.5 Å². The summed E-state index contributed by atoms with van der Waals surface area (Å²) >= 11 is 11.9. The molecular formula is C14H16Cl2N4O3S. The molecule has 1 saturated heterocycles. The third-order valence-corrected chi connectivity index (χ3v) is 5.54. The Balaban J connectivity index is 1.65. The number of anilines is 1. The molecule has 3 rings (SSSR count). The quantitative estimate of drug-likeness (QED) is 0.862. The molecule has 1 aromatic heterocycles. The molecule has 1 N–H and O–H groups in total. The summed E-state index contributed by atoms with van der Waals surface area (Å²) in [5.74, 6) is 0.385. The highest BCUT2D eigenvalue weighted by Gasteiger charge is 2.25. The lowest BCUT2D eigenvalue weighted by atomic mass is 10.1. The normalized spacial score (nSPS) is 17.1. The van der Waals surface area contributed by atoms with Crippen LogP contribution < -0.4 is 5.32 Å². The number of hydrogen-bond donors (Lipinski definition) is 1. The van der Waals surface area contributed by atoms with Crippen LogP contribution in [0.2, 0.25) is 10.0 Å². The van der Waals surface area contributed by atoms with E-state index in [1.165, 1.54) is 10.6 Å². The molecule has 0 spiro atoms. The lowest BCUT2D eigenvalue weighted by molar-refractivity contribution is 0.326. The lowest BCUT2D eigenvalue weighted by Gasteiger charge is -2.30. The maximum absolute atomic E-state index is 11.5. The molecule has 0 amide bonds. The van der Waals surface area contributed by atoms with Crippen molar-refractivity contribution in [2.24, 2.45) is 0 Å². The molecular weight excluding hydrogens is 375 g/mol. The summed E-state index contributed by atoms with van der Waals surface area (Å²) in [6.45, 7) is 0.947. The Bertz CT molecular complexity index is 812. The number of nitrogens with zero attached hydrogens (tertiary/aromatic N) is 3. The summed E-state index contributed by atoms with van der Waals surface area (Å²) in [5.41, 5.74) is 0.663. The van der Waals surface area contributed by atoms with E-state index >= 15 is 0 Å². The first-order valence-corrected chi connectivity index (χ1v) is 9.93. The van der Waals surface area contributed by atoms with Gasteiger partial charge in [0.2, 0.25) is 15.8 Å². The first kappa shape index (κ1) is 17.5. The Kier molecular flexibility index (Phi) is 5.00. The van der Waals surface area contributed by atoms with Gasteiger partial charge in [0.15, 0.2) is 0 Å². The van der Waals surface area contributed by atoms with Crippen molar-refractivity contribution >= 4 is 39.2 Å². The van der Waals surface area contributed by atoms with Crippen molar-refractivity contribution in [1.82, 2.24) is 14.4 Å². The van der Waals surface area contributed by atoms with Gasteiger partial charge in [0.25, 0.3) is 0 Å². The Morgan fingerprint density at radius 2 is 1.83 bits per heavy atom. The number of halogens is 2. The van der Waals surface area contributed by atoms with E-state index in [9.17, 15) is 8.42 Å². The van der Waals surface area contributed by atoms with Gasteiger partial charge in [-0.25, -0.2) is 12.7 Å². The zero-order chi connectivity index (χ0) is 17.3. The summed E-state index contributed by atoms with van der Waals surface area (Å²) in [6.07, 6.45) is 2.57. The van der Waals surface area contributed by atoms with Crippen molar-refractivity contribution in [3.05, 3.63) is 28.2 Å². The molecule has 0 aliphatic carbocycles. The number of hydrogen-bond acceptors (Lipinski definition) is 6. The van der Waals surface area contributed by atoms with Crippen LogP contribution in [0.4, 0.5) is 6.01 Å². The van der Waals surface area contributed by atoms with Crippen LogP contribution in [0.3, 0.4) is 0 Å². The summed E-state index contributed by atoms with van der Waals surface area (Å²) in [5, 5.41) is 8.04. The monoisotopic (exact) mass is 390 g/mol. The number of aromatic nitrogens is 2. The Labute approximate surface area is 150 Å². The predicted octanol–water partition coefficient (Wildman–Crippen LogP) is 2.88. The summed E-state index contributed by atoms with van der Waals surface area (Å²) in [7, 11) is -3.13. The number of nitrogens with one attached hydrogen (secondary N) is 1. The number of benzene rings is 1. The van der Waals surface area contributed by atoms with Gasteiger partial charge in [-0.15, -0.1) is 0 Å². The molecule has 0 atom stereocenters. The number of sulfonamides is 1. The average Bonchev–Trinajstić information content (AvgIpc) is 2.94. The van der Waals surface area contributed by atoms with E-state index in [0.29, 0.717) is 53.4 Å². The molecule has 24 heavy (non-hydrogen) atoms. The van der Waals surface area contributed by atoms with Crippen molar-refractivity contribution in [3.63, 3.8) is 0 Å². The van der Waals surface area contributed by atoms with E-state index in [-0.39, 0.29) is 6.04 Å². The maximum Gasteiger partial charge on any atom is 0.322 e. The molecule has 0 saturated carbocycles. The summed E-state index contributed by atoms with van der Waals surface area (Å²) < 4.78 is 29.7. The standard InChI is InChI=1S/C14H16Cl2N4O3S/c1-24(21,22)20-4-2-12(3-5-20)17-14-18-13(19-23-14)9-6-10(15)8-11(16)7-9/h6-8,12H,2-5H2,1H3,(H,17,18,19). The zero-order valence-corrected chi connectivity index (χ0v) is 15.2. The van der Waals surface area contributed by atoms with Gasteiger partial charge < -0.3 is 9.84 Å². The number of rotatable bonds is 4. The summed E-state index contributed by atoms with van der Waals surface area (Å²) in [6, 6.07) is 5.40. The third-order valence-electron chi connectivity index (χ3n) is 3.80. The van der Waals surface area contributed by atoms with Crippen molar-refractivity contribution in [2.45, 2.75) is 18.9 Å².